The number of carbonyl (C=O) groups is 1. The van der Waals surface area contributed by atoms with Crippen molar-refractivity contribution in [2.45, 2.75) is 12.6 Å². The van der Waals surface area contributed by atoms with Crippen molar-refractivity contribution in [3.8, 4) is 0 Å². The molecule has 0 aromatic rings. The van der Waals surface area contributed by atoms with Crippen LogP contribution in [0, 0.1) is 0 Å². The SMILES string of the molecule is CN1CCOC1(C)C(=O)O. The fraction of sp³-hybridized carbons (Fsp3) is 0.833. The third-order valence-corrected chi connectivity index (χ3v) is 1.94. The number of hydrogen-bond donors (Lipinski definition) is 1. The van der Waals surface area contributed by atoms with Crippen molar-refractivity contribution in [1.29, 1.82) is 0 Å². The lowest BCUT2D eigenvalue weighted by atomic mass is 10.2. The highest BCUT2D eigenvalue weighted by atomic mass is 16.6. The molecule has 0 bridgehead atoms. The summed E-state index contributed by atoms with van der Waals surface area (Å²) in [6.07, 6.45) is 0. The summed E-state index contributed by atoms with van der Waals surface area (Å²) in [6.45, 7) is 2.74. The summed E-state index contributed by atoms with van der Waals surface area (Å²) in [7, 11) is 1.74. The molecule has 1 heterocycles. The summed E-state index contributed by atoms with van der Waals surface area (Å²) in [5.74, 6) is -0.924. The number of hydrogen-bond acceptors (Lipinski definition) is 3. The number of carboxylic acid groups (broad SMARTS) is 1. The molecule has 0 aromatic heterocycles. The van der Waals surface area contributed by atoms with Gasteiger partial charge in [-0.3, -0.25) is 4.90 Å². The van der Waals surface area contributed by atoms with Crippen molar-refractivity contribution in [2.75, 3.05) is 20.2 Å². The Morgan fingerprint density at radius 3 is 2.60 bits per heavy atom. The molecule has 0 amide bonds. The summed E-state index contributed by atoms with van der Waals surface area (Å²) >= 11 is 0. The second kappa shape index (κ2) is 2.21. The first-order valence-electron chi connectivity index (χ1n) is 3.16. The average Bonchev–Trinajstić information content (AvgIpc) is 2.15. The van der Waals surface area contributed by atoms with Crippen LogP contribution in [0.25, 0.3) is 0 Å². The second-order valence-electron chi connectivity index (χ2n) is 2.56. The summed E-state index contributed by atoms with van der Waals surface area (Å²) in [6, 6.07) is 0. The van der Waals surface area contributed by atoms with E-state index in [2.05, 4.69) is 0 Å². The number of nitrogens with zero attached hydrogens (tertiary/aromatic N) is 1. The van der Waals surface area contributed by atoms with Gasteiger partial charge in [0, 0.05) is 6.54 Å². The molecule has 1 aliphatic rings. The predicted molar refractivity (Wildman–Crippen MR) is 34.6 cm³/mol. The molecular weight excluding hydrogens is 134 g/mol. The highest BCUT2D eigenvalue weighted by Gasteiger charge is 2.42. The first-order chi connectivity index (χ1) is 4.57. The van der Waals surface area contributed by atoms with Gasteiger partial charge in [0.2, 0.25) is 5.72 Å². The molecule has 0 aromatic carbocycles. The standard InChI is InChI=1S/C6H11NO3/c1-6(5(8)9)7(2)3-4-10-6/h3-4H2,1-2H3,(H,8,9). The van der Waals surface area contributed by atoms with Crippen molar-refractivity contribution in [2.24, 2.45) is 0 Å². The van der Waals surface area contributed by atoms with Crippen LogP contribution < -0.4 is 0 Å². The van der Waals surface area contributed by atoms with E-state index in [9.17, 15) is 4.79 Å². The third kappa shape index (κ3) is 0.892. The Morgan fingerprint density at radius 2 is 2.40 bits per heavy atom. The molecule has 10 heavy (non-hydrogen) atoms. The Hall–Kier alpha value is -0.610. The second-order valence-corrected chi connectivity index (χ2v) is 2.56. The molecule has 0 saturated carbocycles. The molecular formula is C6H11NO3. The number of carboxylic acids is 1. The minimum absolute atomic E-state index is 0.499. The lowest BCUT2D eigenvalue weighted by Gasteiger charge is -2.25. The Labute approximate surface area is 59.4 Å². The lowest BCUT2D eigenvalue weighted by Crippen LogP contribution is -2.46. The molecule has 1 saturated heterocycles. The summed E-state index contributed by atoms with van der Waals surface area (Å²) in [4.78, 5) is 12.2. The van der Waals surface area contributed by atoms with Crippen molar-refractivity contribution >= 4 is 5.97 Å². The molecule has 4 nitrogen and oxygen atoms in total. The van der Waals surface area contributed by atoms with Gasteiger partial charge in [-0.25, -0.2) is 4.79 Å². The zero-order valence-electron chi connectivity index (χ0n) is 6.13. The van der Waals surface area contributed by atoms with Gasteiger partial charge in [-0.05, 0) is 14.0 Å². The molecule has 1 N–H and O–H groups in total. The monoisotopic (exact) mass is 145 g/mol. The maximum Gasteiger partial charge on any atom is 0.351 e. The first-order valence-corrected chi connectivity index (χ1v) is 3.16. The Kier molecular flexibility index (Phi) is 1.66. The summed E-state index contributed by atoms with van der Waals surface area (Å²) in [5, 5.41) is 8.68. The van der Waals surface area contributed by atoms with Gasteiger partial charge in [0.25, 0.3) is 0 Å². The van der Waals surface area contributed by atoms with E-state index in [-0.39, 0.29) is 0 Å². The van der Waals surface area contributed by atoms with Crippen LogP contribution >= 0.6 is 0 Å². The zero-order valence-corrected chi connectivity index (χ0v) is 6.13. The maximum atomic E-state index is 10.6. The van der Waals surface area contributed by atoms with Gasteiger partial charge in [-0.1, -0.05) is 0 Å². The van der Waals surface area contributed by atoms with Crippen LogP contribution in [0.2, 0.25) is 0 Å². The van der Waals surface area contributed by atoms with Crippen LogP contribution in [0.5, 0.6) is 0 Å². The van der Waals surface area contributed by atoms with Crippen molar-refractivity contribution in [3.05, 3.63) is 0 Å². The van der Waals surface area contributed by atoms with E-state index in [1.54, 1.807) is 18.9 Å². The number of rotatable bonds is 1. The van der Waals surface area contributed by atoms with Crippen LogP contribution in [0.1, 0.15) is 6.92 Å². The molecule has 0 aliphatic carbocycles. The normalized spacial score (nSPS) is 34.6. The van der Waals surface area contributed by atoms with E-state index >= 15 is 0 Å². The molecule has 1 fully saturated rings. The molecule has 0 spiro atoms. The van der Waals surface area contributed by atoms with Gasteiger partial charge in [0.15, 0.2) is 0 Å². The Morgan fingerprint density at radius 1 is 1.80 bits per heavy atom. The fourth-order valence-electron chi connectivity index (χ4n) is 0.930. The molecule has 58 valence electrons. The van der Waals surface area contributed by atoms with Gasteiger partial charge < -0.3 is 9.84 Å². The molecule has 1 unspecified atom stereocenters. The van der Waals surface area contributed by atoms with E-state index in [0.29, 0.717) is 13.2 Å². The Balaban J connectivity index is 2.75. The minimum Gasteiger partial charge on any atom is -0.478 e. The van der Waals surface area contributed by atoms with Gasteiger partial charge in [0.1, 0.15) is 0 Å². The van der Waals surface area contributed by atoms with Crippen molar-refractivity contribution < 1.29 is 14.6 Å². The maximum absolute atomic E-state index is 10.6. The van der Waals surface area contributed by atoms with Gasteiger partial charge in [0.05, 0.1) is 6.61 Å². The van der Waals surface area contributed by atoms with E-state index in [1.807, 2.05) is 0 Å². The van der Waals surface area contributed by atoms with E-state index in [0.717, 1.165) is 0 Å². The highest BCUT2D eigenvalue weighted by Crippen LogP contribution is 2.20. The smallest absolute Gasteiger partial charge is 0.351 e. The summed E-state index contributed by atoms with van der Waals surface area (Å²) < 4.78 is 5.04. The largest absolute Gasteiger partial charge is 0.478 e. The van der Waals surface area contributed by atoms with E-state index in [1.165, 1.54) is 0 Å². The van der Waals surface area contributed by atoms with Gasteiger partial charge in [-0.15, -0.1) is 0 Å². The van der Waals surface area contributed by atoms with Gasteiger partial charge >= 0.3 is 5.97 Å². The highest BCUT2D eigenvalue weighted by molar-refractivity contribution is 5.76. The van der Waals surface area contributed by atoms with Crippen LogP contribution in [-0.2, 0) is 9.53 Å². The third-order valence-electron chi connectivity index (χ3n) is 1.94. The topological polar surface area (TPSA) is 49.8 Å². The first kappa shape index (κ1) is 7.50. The fourth-order valence-corrected chi connectivity index (χ4v) is 0.930. The molecule has 1 aliphatic heterocycles. The summed E-state index contributed by atoms with van der Waals surface area (Å²) in [5.41, 5.74) is -1.10. The van der Waals surface area contributed by atoms with Crippen molar-refractivity contribution in [3.63, 3.8) is 0 Å². The quantitative estimate of drug-likeness (QED) is 0.552. The van der Waals surface area contributed by atoms with Crippen LogP contribution in [0.4, 0.5) is 0 Å². The lowest BCUT2D eigenvalue weighted by molar-refractivity contribution is -0.170. The minimum atomic E-state index is -1.10. The van der Waals surface area contributed by atoms with Crippen LogP contribution in [-0.4, -0.2) is 41.9 Å². The van der Waals surface area contributed by atoms with Gasteiger partial charge in [-0.2, -0.15) is 0 Å². The predicted octanol–water partition coefficient (Wildman–Crippen LogP) is -0.251. The molecule has 1 atom stereocenters. The van der Waals surface area contributed by atoms with Crippen LogP contribution in [0.15, 0.2) is 0 Å². The van der Waals surface area contributed by atoms with E-state index < -0.39 is 11.7 Å². The number of ether oxygens (including phenoxy) is 1. The van der Waals surface area contributed by atoms with E-state index in [4.69, 9.17) is 9.84 Å². The molecule has 4 heteroatoms. The number of aliphatic carboxylic acids is 1. The van der Waals surface area contributed by atoms with Crippen LogP contribution in [0.3, 0.4) is 0 Å². The van der Waals surface area contributed by atoms with Crippen molar-refractivity contribution in [1.82, 2.24) is 4.90 Å². The molecule has 1 rings (SSSR count). The zero-order chi connectivity index (χ0) is 7.78. The molecule has 0 radical (unpaired) electrons. The Bertz CT molecular complexity index is 159. The number of likely N-dealkylation sites (N-methyl/N-ethyl adjacent to an activating group) is 1. The average molecular weight is 145 g/mol.